The Hall–Kier alpha value is -1.81. The lowest BCUT2D eigenvalue weighted by Gasteiger charge is -2.07. The van der Waals surface area contributed by atoms with E-state index in [0.29, 0.717) is 0 Å². The molecule has 0 atom stereocenters. The van der Waals surface area contributed by atoms with Gasteiger partial charge < -0.3 is 0 Å². The van der Waals surface area contributed by atoms with E-state index in [1.807, 2.05) is 36.4 Å². The van der Waals surface area contributed by atoms with E-state index < -0.39 is 0 Å². The van der Waals surface area contributed by atoms with Gasteiger partial charge in [-0.2, -0.15) is 5.10 Å². The number of rotatable bonds is 2. The van der Waals surface area contributed by atoms with Gasteiger partial charge in [0.2, 0.25) is 0 Å². The topological polar surface area (TPSA) is 24.4 Å². The SMILES string of the molecule is Fc1cccc(C2=NN[C](c3ccccc3)S2)c1. The maximum Gasteiger partial charge on any atom is 0.169 e. The zero-order valence-corrected chi connectivity index (χ0v) is 10.2. The summed E-state index contributed by atoms with van der Waals surface area (Å²) in [6, 6.07) is 16.4. The molecule has 0 aliphatic carbocycles. The van der Waals surface area contributed by atoms with Gasteiger partial charge in [-0.25, -0.2) is 4.39 Å². The second-order valence-corrected chi connectivity index (χ2v) is 4.84. The fourth-order valence-corrected chi connectivity index (χ4v) is 2.58. The molecule has 0 bridgehead atoms. The molecule has 89 valence electrons. The highest BCUT2D eigenvalue weighted by atomic mass is 32.2. The van der Waals surface area contributed by atoms with Crippen LogP contribution in [0.3, 0.4) is 0 Å². The van der Waals surface area contributed by atoms with Crippen molar-refractivity contribution in [2.45, 2.75) is 0 Å². The molecule has 1 aliphatic rings. The molecule has 4 heteroatoms. The van der Waals surface area contributed by atoms with Crippen molar-refractivity contribution >= 4 is 16.8 Å². The van der Waals surface area contributed by atoms with Crippen molar-refractivity contribution < 1.29 is 4.39 Å². The third kappa shape index (κ3) is 2.24. The molecule has 0 fully saturated rings. The van der Waals surface area contributed by atoms with Crippen LogP contribution in [0, 0.1) is 11.2 Å². The number of benzene rings is 2. The number of hydrogen-bond donors (Lipinski definition) is 1. The molecule has 0 amide bonds. The minimum atomic E-state index is -0.246. The van der Waals surface area contributed by atoms with E-state index in [-0.39, 0.29) is 5.82 Å². The van der Waals surface area contributed by atoms with Crippen LogP contribution < -0.4 is 5.43 Å². The average Bonchev–Trinajstić information content (AvgIpc) is 2.89. The summed E-state index contributed by atoms with van der Waals surface area (Å²) in [4.78, 5) is 0. The highest BCUT2D eigenvalue weighted by molar-refractivity contribution is 8.17. The van der Waals surface area contributed by atoms with Crippen LogP contribution in [0.1, 0.15) is 11.1 Å². The second kappa shape index (κ2) is 4.82. The summed E-state index contributed by atoms with van der Waals surface area (Å²) in [5.74, 6) is -0.246. The lowest BCUT2D eigenvalue weighted by molar-refractivity contribution is 0.627. The third-order valence-corrected chi connectivity index (χ3v) is 3.62. The minimum absolute atomic E-state index is 0.246. The molecule has 0 aromatic heterocycles. The van der Waals surface area contributed by atoms with Gasteiger partial charge in [-0.15, -0.1) is 0 Å². The van der Waals surface area contributed by atoms with E-state index in [1.54, 1.807) is 6.07 Å². The van der Waals surface area contributed by atoms with Gasteiger partial charge in [-0.05, 0) is 17.7 Å². The summed E-state index contributed by atoms with van der Waals surface area (Å²) in [6.07, 6.45) is 0. The first-order valence-electron chi connectivity index (χ1n) is 5.53. The second-order valence-electron chi connectivity index (χ2n) is 3.84. The number of hydrogen-bond acceptors (Lipinski definition) is 3. The molecular weight excluding hydrogens is 247 g/mol. The number of nitrogens with one attached hydrogen (secondary N) is 1. The molecule has 0 saturated heterocycles. The Morgan fingerprint density at radius 2 is 1.72 bits per heavy atom. The largest absolute Gasteiger partial charge is 0.284 e. The fourth-order valence-electron chi connectivity index (χ4n) is 1.70. The smallest absolute Gasteiger partial charge is 0.169 e. The highest BCUT2D eigenvalue weighted by Gasteiger charge is 2.23. The average molecular weight is 257 g/mol. The summed E-state index contributed by atoms with van der Waals surface area (Å²) in [5.41, 5.74) is 4.86. The van der Waals surface area contributed by atoms with Gasteiger partial charge in [0.15, 0.2) is 5.37 Å². The van der Waals surface area contributed by atoms with Gasteiger partial charge in [0, 0.05) is 5.56 Å². The first kappa shape index (κ1) is 11.3. The summed E-state index contributed by atoms with van der Waals surface area (Å²) in [6.45, 7) is 0. The zero-order valence-electron chi connectivity index (χ0n) is 9.43. The molecule has 1 radical (unpaired) electrons. The van der Waals surface area contributed by atoms with Gasteiger partial charge in [0.25, 0.3) is 0 Å². The lowest BCUT2D eigenvalue weighted by atomic mass is 10.2. The molecule has 0 spiro atoms. The van der Waals surface area contributed by atoms with Crippen LogP contribution in [0.2, 0.25) is 0 Å². The predicted octanol–water partition coefficient (Wildman–Crippen LogP) is 3.36. The zero-order chi connectivity index (χ0) is 12.4. The predicted molar refractivity (Wildman–Crippen MR) is 72.5 cm³/mol. The van der Waals surface area contributed by atoms with Crippen LogP contribution in [0.5, 0.6) is 0 Å². The van der Waals surface area contributed by atoms with Crippen LogP contribution in [0.25, 0.3) is 0 Å². The molecule has 1 aliphatic heterocycles. The lowest BCUT2D eigenvalue weighted by Crippen LogP contribution is -2.07. The first-order chi connectivity index (χ1) is 8.83. The number of thioether (sulfide) groups is 1. The molecule has 2 aromatic rings. The van der Waals surface area contributed by atoms with E-state index >= 15 is 0 Å². The van der Waals surface area contributed by atoms with Crippen LogP contribution in [-0.2, 0) is 0 Å². The Labute approximate surface area is 109 Å². The van der Waals surface area contributed by atoms with Gasteiger partial charge in [0.05, 0.1) is 0 Å². The first-order valence-corrected chi connectivity index (χ1v) is 6.34. The van der Waals surface area contributed by atoms with E-state index in [0.717, 1.165) is 21.5 Å². The van der Waals surface area contributed by atoms with Crippen LogP contribution in [0.4, 0.5) is 4.39 Å². The molecule has 1 N–H and O–H groups in total. The minimum Gasteiger partial charge on any atom is -0.284 e. The Kier molecular flexibility index (Phi) is 3.02. The molecule has 1 heterocycles. The fraction of sp³-hybridized carbons (Fsp3) is 0. The third-order valence-electron chi connectivity index (χ3n) is 2.57. The number of halogens is 1. The number of hydrazone groups is 1. The summed E-state index contributed by atoms with van der Waals surface area (Å²) >= 11 is 1.51. The van der Waals surface area contributed by atoms with Crippen molar-refractivity contribution in [2.75, 3.05) is 0 Å². The Bertz CT molecular complexity index is 583. The normalized spacial score (nSPS) is 15.3. The molecule has 3 rings (SSSR count). The van der Waals surface area contributed by atoms with Gasteiger partial charge in [0.1, 0.15) is 10.9 Å². The van der Waals surface area contributed by atoms with E-state index in [4.69, 9.17) is 0 Å². The molecular formula is C14H10FN2S. The molecule has 0 unspecified atom stereocenters. The van der Waals surface area contributed by atoms with Crippen molar-refractivity contribution in [1.29, 1.82) is 0 Å². The Morgan fingerprint density at radius 3 is 2.50 bits per heavy atom. The maximum atomic E-state index is 13.1. The van der Waals surface area contributed by atoms with Crippen molar-refractivity contribution in [3.63, 3.8) is 0 Å². The van der Waals surface area contributed by atoms with E-state index in [2.05, 4.69) is 10.5 Å². The maximum absolute atomic E-state index is 13.1. The van der Waals surface area contributed by atoms with Crippen molar-refractivity contribution in [3.05, 3.63) is 76.9 Å². The quantitative estimate of drug-likeness (QED) is 0.892. The van der Waals surface area contributed by atoms with Crippen LogP contribution >= 0.6 is 11.8 Å². The van der Waals surface area contributed by atoms with Crippen molar-refractivity contribution in [3.8, 4) is 0 Å². The van der Waals surface area contributed by atoms with E-state index in [9.17, 15) is 4.39 Å². The Balaban J connectivity index is 1.79. The number of nitrogens with zero attached hydrogens (tertiary/aromatic N) is 1. The van der Waals surface area contributed by atoms with Crippen molar-refractivity contribution in [2.24, 2.45) is 5.10 Å². The standard InChI is InChI=1S/C14H10FN2S/c15-12-8-4-7-11(9-12)14-17-16-13(18-14)10-5-2-1-3-6-10/h1-9,16H. The van der Waals surface area contributed by atoms with Crippen molar-refractivity contribution in [1.82, 2.24) is 5.43 Å². The van der Waals surface area contributed by atoms with Crippen LogP contribution in [0.15, 0.2) is 59.7 Å². The Morgan fingerprint density at radius 1 is 0.944 bits per heavy atom. The highest BCUT2D eigenvalue weighted by Crippen LogP contribution is 2.33. The molecule has 18 heavy (non-hydrogen) atoms. The summed E-state index contributed by atoms with van der Waals surface area (Å²) in [5, 5.41) is 5.98. The van der Waals surface area contributed by atoms with Gasteiger partial charge in [-0.1, -0.05) is 54.2 Å². The van der Waals surface area contributed by atoms with Crippen LogP contribution in [-0.4, -0.2) is 5.04 Å². The van der Waals surface area contributed by atoms with E-state index in [1.165, 1.54) is 23.9 Å². The monoisotopic (exact) mass is 257 g/mol. The van der Waals surface area contributed by atoms with Gasteiger partial charge in [-0.3, -0.25) is 5.43 Å². The summed E-state index contributed by atoms with van der Waals surface area (Å²) < 4.78 is 13.1. The molecule has 2 aromatic carbocycles. The molecule has 2 nitrogen and oxygen atoms in total. The summed E-state index contributed by atoms with van der Waals surface area (Å²) in [7, 11) is 0. The molecule has 0 saturated carbocycles. The van der Waals surface area contributed by atoms with Gasteiger partial charge >= 0.3 is 0 Å².